The van der Waals surface area contributed by atoms with Gasteiger partial charge in [-0.3, -0.25) is 9.78 Å². The van der Waals surface area contributed by atoms with E-state index in [4.69, 9.17) is 0 Å². The Bertz CT molecular complexity index is 647. The molecule has 5 heteroatoms. The minimum atomic E-state index is -0.230. The van der Waals surface area contributed by atoms with Gasteiger partial charge in [-0.15, -0.1) is 0 Å². The number of nitrogens with zero attached hydrogens (tertiary/aromatic N) is 1. The van der Waals surface area contributed by atoms with E-state index in [1.165, 1.54) is 0 Å². The molecule has 110 valence electrons. The van der Waals surface area contributed by atoms with Crippen LogP contribution >= 0.6 is 0 Å². The molecular weight excluding hydrogens is 269 g/mol. The van der Waals surface area contributed by atoms with Crippen LogP contribution < -0.4 is 10.6 Å². The zero-order valence-electron chi connectivity index (χ0n) is 12.3. The molecule has 0 aliphatic rings. The van der Waals surface area contributed by atoms with Gasteiger partial charge in [0.2, 0.25) is 0 Å². The van der Waals surface area contributed by atoms with Crippen LogP contribution in [0.25, 0.3) is 0 Å². The number of aryl methyl sites for hydroxylation is 2. The van der Waals surface area contributed by atoms with E-state index in [2.05, 4.69) is 15.6 Å². The first-order valence-corrected chi connectivity index (χ1v) is 6.69. The molecule has 2 N–H and O–H groups in total. The van der Waals surface area contributed by atoms with Gasteiger partial charge in [-0.1, -0.05) is 12.1 Å². The molecule has 4 nitrogen and oxygen atoms in total. The summed E-state index contributed by atoms with van der Waals surface area (Å²) in [5.41, 5.74) is 3.40. The molecule has 21 heavy (non-hydrogen) atoms. The number of amides is 1. The predicted octanol–water partition coefficient (Wildman–Crippen LogP) is 2.81. The normalized spacial score (nSPS) is 10.3. The van der Waals surface area contributed by atoms with Crippen LogP contribution in [-0.2, 0) is 6.54 Å². The van der Waals surface area contributed by atoms with Crippen molar-refractivity contribution in [1.29, 1.82) is 0 Å². The fraction of sp³-hybridized carbons (Fsp3) is 0.250. The fourth-order valence-electron chi connectivity index (χ4n) is 2.13. The lowest BCUT2D eigenvalue weighted by molar-refractivity contribution is 0.0958. The lowest BCUT2D eigenvalue weighted by Gasteiger charge is -2.10. The highest BCUT2D eigenvalue weighted by molar-refractivity contribution is 5.92. The van der Waals surface area contributed by atoms with Gasteiger partial charge in [0, 0.05) is 25.5 Å². The second-order valence-electron chi connectivity index (χ2n) is 4.91. The first-order valence-electron chi connectivity index (χ1n) is 6.69. The Labute approximate surface area is 123 Å². The molecule has 0 fully saturated rings. The van der Waals surface area contributed by atoms with E-state index in [1.54, 1.807) is 39.2 Å². The van der Waals surface area contributed by atoms with Crippen LogP contribution in [0.2, 0.25) is 0 Å². The number of benzene rings is 1. The monoisotopic (exact) mass is 287 g/mol. The Kier molecular flexibility index (Phi) is 4.52. The third-order valence-electron chi connectivity index (χ3n) is 3.21. The second-order valence-corrected chi connectivity index (χ2v) is 4.91. The van der Waals surface area contributed by atoms with Gasteiger partial charge in [-0.05, 0) is 42.7 Å². The maximum absolute atomic E-state index is 13.6. The van der Waals surface area contributed by atoms with Gasteiger partial charge in [0.25, 0.3) is 5.91 Å². The minimum absolute atomic E-state index is 0.162. The number of aromatic nitrogens is 1. The molecule has 0 saturated carbocycles. The molecule has 0 atom stereocenters. The van der Waals surface area contributed by atoms with Crippen molar-refractivity contribution in [3.05, 3.63) is 58.7 Å². The molecule has 0 saturated heterocycles. The smallest absolute Gasteiger partial charge is 0.269 e. The van der Waals surface area contributed by atoms with E-state index < -0.39 is 0 Å². The summed E-state index contributed by atoms with van der Waals surface area (Å²) in [6, 6.07) is 7.10. The fourth-order valence-corrected chi connectivity index (χ4v) is 2.13. The summed E-state index contributed by atoms with van der Waals surface area (Å²) in [5, 5.41) is 5.74. The highest BCUT2D eigenvalue weighted by Gasteiger charge is 2.07. The van der Waals surface area contributed by atoms with Gasteiger partial charge in [0.15, 0.2) is 0 Å². The van der Waals surface area contributed by atoms with E-state index in [0.717, 1.165) is 11.3 Å². The van der Waals surface area contributed by atoms with Gasteiger partial charge in [-0.25, -0.2) is 4.39 Å². The average molecular weight is 287 g/mol. The van der Waals surface area contributed by atoms with Crippen molar-refractivity contribution in [2.75, 3.05) is 12.4 Å². The summed E-state index contributed by atoms with van der Waals surface area (Å²) in [7, 11) is 1.56. The zero-order valence-corrected chi connectivity index (χ0v) is 12.3. The Balaban J connectivity index is 2.11. The molecule has 0 spiro atoms. The van der Waals surface area contributed by atoms with Crippen LogP contribution in [0.3, 0.4) is 0 Å². The van der Waals surface area contributed by atoms with Gasteiger partial charge in [0.1, 0.15) is 11.5 Å². The SMILES string of the molecule is CNC(=O)c1cc(NCc2cc(C)c(F)c(C)c2)ccn1. The predicted molar refractivity (Wildman–Crippen MR) is 80.8 cm³/mol. The topological polar surface area (TPSA) is 54.0 Å². The largest absolute Gasteiger partial charge is 0.381 e. The molecule has 2 aromatic rings. The number of nitrogens with one attached hydrogen (secondary N) is 2. The highest BCUT2D eigenvalue weighted by Crippen LogP contribution is 2.16. The van der Waals surface area contributed by atoms with Gasteiger partial charge >= 0.3 is 0 Å². The third-order valence-corrected chi connectivity index (χ3v) is 3.21. The van der Waals surface area contributed by atoms with Crippen molar-refractivity contribution < 1.29 is 9.18 Å². The van der Waals surface area contributed by atoms with Crippen LogP contribution in [0.5, 0.6) is 0 Å². The van der Waals surface area contributed by atoms with Crippen LogP contribution in [0, 0.1) is 19.7 Å². The number of halogens is 1. The Morgan fingerprint density at radius 2 is 1.90 bits per heavy atom. The van der Waals surface area contributed by atoms with E-state index in [0.29, 0.717) is 23.4 Å². The first-order chi connectivity index (χ1) is 10.0. The van der Waals surface area contributed by atoms with E-state index in [1.807, 2.05) is 12.1 Å². The lowest BCUT2D eigenvalue weighted by Crippen LogP contribution is -2.19. The summed E-state index contributed by atoms with van der Waals surface area (Å²) in [4.78, 5) is 15.5. The maximum atomic E-state index is 13.6. The number of hydrogen-bond donors (Lipinski definition) is 2. The average Bonchev–Trinajstić information content (AvgIpc) is 2.50. The Morgan fingerprint density at radius 1 is 1.24 bits per heavy atom. The molecule has 1 aromatic heterocycles. The first kappa shape index (κ1) is 15.0. The summed E-state index contributed by atoms with van der Waals surface area (Å²) < 4.78 is 13.6. The Morgan fingerprint density at radius 3 is 2.52 bits per heavy atom. The highest BCUT2D eigenvalue weighted by atomic mass is 19.1. The van der Waals surface area contributed by atoms with Crippen LogP contribution in [0.4, 0.5) is 10.1 Å². The summed E-state index contributed by atoms with van der Waals surface area (Å²) in [6.07, 6.45) is 1.58. The third kappa shape index (κ3) is 3.56. The summed E-state index contributed by atoms with van der Waals surface area (Å²) in [6.45, 7) is 4.06. The quantitative estimate of drug-likeness (QED) is 0.909. The molecule has 1 amide bonds. The molecule has 0 aliphatic carbocycles. The number of hydrogen-bond acceptors (Lipinski definition) is 3. The van der Waals surface area contributed by atoms with Crippen molar-refractivity contribution in [2.45, 2.75) is 20.4 Å². The molecule has 0 radical (unpaired) electrons. The molecular formula is C16H18FN3O. The molecule has 0 bridgehead atoms. The molecule has 0 aliphatic heterocycles. The Hall–Kier alpha value is -2.43. The number of carbonyl (C=O) groups is 1. The van der Waals surface area contributed by atoms with E-state index >= 15 is 0 Å². The van der Waals surface area contributed by atoms with Crippen LogP contribution in [0.1, 0.15) is 27.2 Å². The molecule has 1 aromatic carbocycles. The van der Waals surface area contributed by atoms with Crippen molar-refractivity contribution in [2.24, 2.45) is 0 Å². The van der Waals surface area contributed by atoms with Crippen molar-refractivity contribution >= 4 is 11.6 Å². The van der Waals surface area contributed by atoms with Gasteiger partial charge in [-0.2, -0.15) is 0 Å². The van der Waals surface area contributed by atoms with Crippen LogP contribution in [0.15, 0.2) is 30.5 Å². The number of pyridine rings is 1. The second kappa shape index (κ2) is 6.35. The van der Waals surface area contributed by atoms with Gasteiger partial charge in [0.05, 0.1) is 0 Å². The zero-order chi connectivity index (χ0) is 15.4. The maximum Gasteiger partial charge on any atom is 0.269 e. The standard InChI is InChI=1S/C16H18FN3O/c1-10-6-12(7-11(2)15(10)17)9-20-13-4-5-19-14(8-13)16(21)18-3/h4-8H,9H2,1-3H3,(H,18,21)(H,19,20). The van der Waals surface area contributed by atoms with E-state index in [-0.39, 0.29) is 11.7 Å². The number of rotatable bonds is 4. The number of anilines is 1. The number of carbonyl (C=O) groups excluding carboxylic acids is 1. The van der Waals surface area contributed by atoms with Crippen LogP contribution in [-0.4, -0.2) is 17.9 Å². The molecule has 1 heterocycles. The summed E-state index contributed by atoms with van der Waals surface area (Å²) in [5.74, 6) is -0.392. The van der Waals surface area contributed by atoms with Crippen molar-refractivity contribution in [3.63, 3.8) is 0 Å². The molecule has 2 rings (SSSR count). The lowest BCUT2D eigenvalue weighted by atomic mass is 10.1. The van der Waals surface area contributed by atoms with Crippen molar-refractivity contribution in [3.8, 4) is 0 Å². The minimum Gasteiger partial charge on any atom is -0.381 e. The van der Waals surface area contributed by atoms with E-state index in [9.17, 15) is 9.18 Å². The molecule has 0 unspecified atom stereocenters. The van der Waals surface area contributed by atoms with Crippen molar-refractivity contribution in [1.82, 2.24) is 10.3 Å². The summed E-state index contributed by atoms with van der Waals surface area (Å²) >= 11 is 0. The van der Waals surface area contributed by atoms with Gasteiger partial charge < -0.3 is 10.6 Å².